The number of anilines is 1. The summed E-state index contributed by atoms with van der Waals surface area (Å²) in [5.41, 5.74) is 1.60. The van der Waals surface area contributed by atoms with Crippen LogP contribution in [0.15, 0.2) is 12.1 Å². The van der Waals surface area contributed by atoms with E-state index in [1.165, 1.54) is 12.8 Å². The van der Waals surface area contributed by atoms with Gasteiger partial charge in [-0.05, 0) is 44.4 Å². The van der Waals surface area contributed by atoms with Gasteiger partial charge in [0.05, 0.1) is 12.8 Å². The molecule has 0 spiro atoms. The van der Waals surface area contributed by atoms with Crippen LogP contribution in [0.5, 0.6) is 5.75 Å². The fourth-order valence-corrected chi connectivity index (χ4v) is 2.77. The molecule has 21 heavy (non-hydrogen) atoms. The molecule has 1 aromatic rings. The van der Waals surface area contributed by atoms with E-state index in [2.05, 4.69) is 10.6 Å². The Hall–Kier alpha value is -1.26. The molecule has 1 amide bonds. The largest absolute Gasteiger partial charge is 0.495 e. The van der Waals surface area contributed by atoms with E-state index in [1.807, 2.05) is 13.0 Å². The third kappa shape index (κ3) is 4.61. The van der Waals surface area contributed by atoms with Crippen molar-refractivity contribution in [3.05, 3.63) is 22.7 Å². The molecule has 5 heteroatoms. The lowest BCUT2D eigenvalue weighted by Crippen LogP contribution is -2.34. The fraction of sp³-hybridized carbons (Fsp3) is 0.562. The monoisotopic (exact) mass is 310 g/mol. The molecule has 1 atom stereocenters. The third-order valence-electron chi connectivity index (χ3n) is 3.89. The Bertz CT molecular complexity index is 499. The van der Waals surface area contributed by atoms with E-state index in [4.69, 9.17) is 16.3 Å². The third-order valence-corrected chi connectivity index (χ3v) is 4.29. The molecule has 1 aliphatic rings. The molecular weight excluding hydrogens is 288 g/mol. The summed E-state index contributed by atoms with van der Waals surface area (Å²) < 4.78 is 5.26. The number of rotatable bonds is 5. The number of amides is 1. The summed E-state index contributed by atoms with van der Waals surface area (Å²) >= 11 is 6.06. The lowest BCUT2D eigenvalue weighted by atomic mass is 10.0. The van der Waals surface area contributed by atoms with Gasteiger partial charge in [-0.25, -0.2) is 0 Å². The van der Waals surface area contributed by atoms with E-state index in [9.17, 15) is 4.79 Å². The SMILES string of the molecule is COc1cc(Cl)c(C)cc1NC(=O)CCC1CCCCN1. The first-order chi connectivity index (χ1) is 10.1. The highest BCUT2D eigenvalue weighted by Crippen LogP contribution is 2.31. The molecule has 2 N–H and O–H groups in total. The molecule has 0 aliphatic carbocycles. The fourth-order valence-electron chi connectivity index (χ4n) is 2.62. The van der Waals surface area contributed by atoms with Crippen LogP contribution in [0, 0.1) is 6.92 Å². The number of hydrogen-bond acceptors (Lipinski definition) is 3. The number of ether oxygens (including phenoxy) is 1. The summed E-state index contributed by atoms with van der Waals surface area (Å²) in [4.78, 5) is 12.1. The Kier molecular flexibility index (Phi) is 5.88. The van der Waals surface area contributed by atoms with Crippen LogP contribution in [0.1, 0.15) is 37.7 Å². The molecule has 4 nitrogen and oxygen atoms in total. The molecular formula is C16H23ClN2O2. The average molecular weight is 311 g/mol. The van der Waals surface area contributed by atoms with Crippen molar-refractivity contribution < 1.29 is 9.53 Å². The molecule has 1 unspecified atom stereocenters. The molecule has 0 bridgehead atoms. The summed E-state index contributed by atoms with van der Waals surface area (Å²) in [6.45, 7) is 2.97. The maximum Gasteiger partial charge on any atom is 0.224 e. The smallest absolute Gasteiger partial charge is 0.224 e. The number of carbonyl (C=O) groups is 1. The Morgan fingerprint density at radius 1 is 1.48 bits per heavy atom. The van der Waals surface area contributed by atoms with Crippen molar-refractivity contribution in [1.29, 1.82) is 0 Å². The van der Waals surface area contributed by atoms with E-state index in [1.54, 1.807) is 13.2 Å². The number of halogens is 1. The van der Waals surface area contributed by atoms with Crippen molar-refractivity contribution in [3.8, 4) is 5.75 Å². The minimum absolute atomic E-state index is 0.0161. The Morgan fingerprint density at radius 3 is 2.95 bits per heavy atom. The summed E-state index contributed by atoms with van der Waals surface area (Å²) in [5.74, 6) is 0.608. The number of piperidine rings is 1. The van der Waals surface area contributed by atoms with Crippen molar-refractivity contribution in [2.45, 2.75) is 45.1 Å². The van der Waals surface area contributed by atoms with Gasteiger partial charge in [-0.15, -0.1) is 0 Å². The predicted molar refractivity (Wildman–Crippen MR) is 86.2 cm³/mol. The molecule has 0 saturated carbocycles. The van der Waals surface area contributed by atoms with Crippen molar-refractivity contribution in [3.63, 3.8) is 0 Å². The first kappa shape index (κ1) is 16.1. The summed E-state index contributed by atoms with van der Waals surface area (Å²) in [6.07, 6.45) is 5.05. The van der Waals surface area contributed by atoms with Gasteiger partial charge >= 0.3 is 0 Å². The quantitative estimate of drug-likeness (QED) is 0.875. The first-order valence-corrected chi connectivity index (χ1v) is 7.85. The van der Waals surface area contributed by atoms with Crippen LogP contribution in [0.3, 0.4) is 0 Å². The highest BCUT2D eigenvalue weighted by Gasteiger charge is 2.15. The van der Waals surface area contributed by atoms with Crippen molar-refractivity contribution in [2.75, 3.05) is 19.0 Å². The van der Waals surface area contributed by atoms with Crippen LogP contribution in [0.2, 0.25) is 5.02 Å². The van der Waals surface area contributed by atoms with E-state index in [0.29, 0.717) is 28.9 Å². The van der Waals surface area contributed by atoms with Gasteiger partial charge in [-0.3, -0.25) is 4.79 Å². The van der Waals surface area contributed by atoms with Crippen LogP contribution >= 0.6 is 11.6 Å². The van der Waals surface area contributed by atoms with E-state index >= 15 is 0 Å². The number of carbonyl (C=O) groups excluding carboxylic acids is 1. The van der Waals surface area contributed by atoms with E-state index in [0.717, 1.165) is 24.9 Å². The van der Waals surface area contributed by atoms with Crippen LogP contribution in [0.4, 0.5) is 5.69 Å². The summed E-state index contributed by atoms with van der Waals surface area (Å²) in [7, 11) is 1.57. The minimum atomic E-state index is 0.0161. The van der Waals surface area contributed by atoms with E-state index in [-0.39, 0.29) is 5.91 Å². The maximum atomic E-state index is 12.1. The normalized spacial score (nSPS) is 18.3. The van der Waals surface area contributed by atoms with Crippen LogP contribution in [0.25, 0.3) is 0 Å². The van der Waals surface area contributed by atoms with Gasteiger partial charge < -0.3 is 15.4 Å². The van der Waals surface area contributed by atoms with Gasteiger partial charge in [0.25, 0.3) is 0 Å². The minimum Gasteiger partial charge on any atom is -0.495 e. The topological polar surface area (TPSA) is 50.4 Å². The number of methoxy groups -OCH3 is 1. The van der Waals surface area contributed by atoms with Gasteiger partial charge in [0.1, 0.15) is 5.75 Å². The number of benzene rings is 1. The average Bonchev–Trinajstić information content (AvgIpc) is 2.49. The molecule has 116 valence electrons. The number of hydrogen-bond donors (Lipinski definition) is 2. The molecule has 2 rings (SSSR count). The zero-order valence-electron chi connectivity index (χ0n) is 12.7. The van der Waals surface area contributed by atoms with Crippen molar-refractivity contribution in [2.24, 2.45) is 0 Å². The molecule has 1 aliphatic heterocycles. The van der Waals surface area contributed by atoms with Crippen LogP contribution < -0.4 is 15.4 Å². The number of nitrogens with one attached hydrogen (secondary N) is 2. The van der Waals surface area contributed by atoms with Gasteiger partial charge in [0, 0.05) is 23.6 Å². The van der Waals surface area contributed by atoms with E-state index < -0.39 is 0 Å². The predicted octanol–water partition coefficient (Wildman–Crippen LogP) is 3.52. The highest BCUT2D eigenvalue weighted by atomic mass is 35.5. The molecule has 0 radical (unpaired) electrons. The van der Waals surface area contributed by atoms with Gasteiger partial charge in [-0.1, -0.05) is 18.0 Å². The Morgan fingerprint density at radius 2 is 2.29 bits per heavy atom. The molecule has 1 heterocycles. The van der Waals surface area contributed by atoms with Gasteiger partial charge in [0.15, 0.2) is 0 Å². The summed E-state index contributed by atoms with van der Waals surface area (Å²) in [6, 6.07) is 4.05. The lowest BCUT2D eigenvalue weighted by Gasteiger charge is -2.23. The molecule has 0 aromatic heterocycles. The highest BCUT2D eigenvalue weighted by molar-refractivity contribution is 6.31. The zero-order valence-corrected chi connectivity index (χ0v) is 13.4. The Balaban J connectivity index is 1.91. The second-order valence-corrected chi connectivity index (χ2v) is 5.94. The molecule has 1 fully saturated rings. The number of aryl methyl sites for hydroxylation is 1. The van der Waals surface area contributed by atoms with Crippen molar-refractivity contribution >= 4 is 23.2 Å². The van der Waals surface area contributed by atoms with Crippen LogP contribution in [-0.4, -0.2) is 25.6 Å². The lowest BCUT2D eigenvalue weighted by molar-refractivity contribution is -0.116. The Labute approximate surface area is 131 Å². The second kappa shape index (κ2) is 7.66. The van der Waals surface area contributed by atoms with Gasteiger partial charge in [0.2, 0.25) is 5.91 Å². The summed E-state index contributed by atoms with van der Waals surface area (Å²) in [5, 5.41) is 7.01. The zero-order chi connectivity index (χ0) is 15.2. The standard InChI is InChI=1S/C16H23ClN2O2/c1-11-9-14(15(21-2)10-13(11)17)19-16(20)7-6-12-5-3-4-8-18-12/h9-10,12,18H,3-8H2,1-2H3,(H,19,20). The van der Waals surface area contributed by atoms with Gasteiger partial charge in [-0.2, -0.15) is 0 Å². The first-order valence-electron chi connectivity index (χ1n) is 7.47. The molecule has 1 saturated heterocycles. The van der Waals surface area contributed by atoms with Crippen LogP contribution in [-0.2, 0) is 4.79 Å². The maximum absolute atomic E-state index is 12.1. The molecule has 1 aromatic carbocycles. The second-order valence-electron chi connectivity index (χ2n) is 5.54. The van der Waals surface area contributed by atoms with Crippen molar-refractivity contribution in [1.82, 2.24) is 5.32 Å².